The van der Waals surface area contributed by atoms with E-state index < -0.39 is 6.36 Å². The van der Waals surface area contributed by atoms with Crippen LogP contribution in [0.2, 0.25) is 0 Å². The van der Waals surface area contributed by atoms with Crippen molar-refractivity contribution in [1.82, 2.24) is 0 Å². The monoisotopic (exact) mass is 294 g/mol. The Morgan fingerprint density at radius 2 is 1.68 bits per heavy atom. The lowest BCUT2D eigenvalue weighted by Crippen LogP contribution is -2.19. The van der Waals surface area contributed by atoms with Crippen LogP contribution in [0.3, 0.4) is 0 Å². The van der Waals surface area contributed by atoms with Gasteiger partial charge in [-0.25, -0.2) is 0 Å². The largest absolute Gasteiger partial charge is 0.573 e. The van der Waals surface area contributed by atoms with Gasteiger partial charge in [-0.15, -0.1) is 24.8 Å². The molecule has 0 aliphatic heterocycles. The Labute approximate surface area is 116 Å². The van der Waals surface area contributed by atoms with E-state index in [1.807, 2.05) is 6.92 Å². The molecular weight excluding hydrogens is 277 g/mol. The maximum absolute atomic E-state index is 12.0. The van der Waals surface area contributed by atoms with Crippen LogP contribution in [0.1, 0.15) is 32.8 Å². The second-order valence-electron chi connectivity index (χ2n) is 5.52. The SMILES string of the molecule is CC(Cl)CC(C)(C)Cc1ccc(OC(F)(F)F)cc1. The first-order chi connectivity index (χ1) is 8.57. The lowest BCUT2D eigenvalue weighted by atomic mass is 9.82. The third kappa shape index (κ3) is 6.71. The lowest BCUT2D eigenvalue weighted by Gasteiger charge is -2.26. The zero-order valence-electron chi connectivity index (χ0n) is 11.2. The fourth-order valence-corrected chi connectivity index (χ4v) is 2.61. The molecule has 0 bridgehead atoms. The number of alkyl halides is 4. The van der Waals surface area contributed by atoms with Crippen molar-refractivity contribution in [3.05, 3.63) is 29.8 Å². The Balaban J connectivity index is 2.67. The smallest absolute Gasteiger partial charge is 0.406 e. The van der Waals surface area contributed by atoms with Gasteiger partial charge < -0.3 is 4.74 Å². The maximum Gasteiger partial charge on any atom is 0.573 e. The summed E-state index contributed by atoms with van der Waals surface area (Å²) in [5.41, 5.74) is 0.977. The fraction of sp³-hybridized carbons (Fsp3) is 0.571. The summed E-state index contributed by atoms with van der Waals surface area (Å²) in [4.78, 5) is 0. The quantitative estimate of drug-likeness (QED) is 0.681. The van der Waals surface area contributed by atoms with Gasteiger partial charge in [-0.2, -0.15) is 0 Å². The first-order valence-electron chi connectivity index (χ1n) is 6.06. The molecule has 0 amide bonds. The Kier molecular flexibility index (Phi) is 5.13. The van der Waals surface area contributed by atoms with Crippen molar-refractivity contribution in [2.45, 2.75) is 45.4 Å². The molecule has 1 nitrogen and oxygen atoms in total. The number of ether oxygens (including phenoxy) is 1. The molecule has 0 heterocycles. The highest BCUT2D eigenvalue weighted by Gasteiger charge is 2.31. The van der Waals surface area contributed by atoms with Gasteiger partial charge in [0.1, 0.15) is 5.75 Å². The van der Waals surface area contributed by atoms with Crippen LogP contribution in [0.25, 0.3) is 0 Å². The van der Waals surface area contributed by atoms with Gasteiger partial charge in [-0.1, -0.05) is 26.0 Å². The molecule has 0 N–H and O–H groups in total. The van der Waals surface area contributed by atoms with Gasteiger partial charge >= 0.3 is 6.36 Å². The Morgan fingerprint density at radius 1 is 1.16 bits per heavy atom. The molecule has 1 atom stereocenters. The number of hydrogen-bond donors (Lipinski definition) is 0. The van der Waals surface area contributed by atoms with Crippen molar-refractivity contribution in [2.75, 3.05) is 0 Å². The summed E-state index contributed by atoms with van der Waals surface area (Å²) >= 11 is 5.98. The molecule has 0 saturated carbocycles. The van der Waals surface area contributed by atoms with E-state index in [9.17, 15) is 13.2 Å². The fourth-order valence-electron chi connectivity index (χ4n) is 2.20. The Bertz CT molecular complexity index is 396. The zero-order chi connectivity index (χ0) is 14.7. The summed E-state index contributed by atoms with van der Waals surface area (Å²) in [5.74, 6) is -0.195. The molecule has 0 aliphatic carbocycles. The summed E-state index contributed by atoms with van der Waals surface area (Å²) in [5, 5.41) is 0.0721. The van der Waals surface area contributed by atoms with E-state index in [0.29, 0.717) is 0 Å². The van der Waals surface area contributed by atoms with Crippen LogP contribution in [-0.2, 0) is 6.42 Å². The van der Waals surface area contributed by atoms with Gasteiger partial charge in [0, 0.05) is 5.38 Å². The number of halogens is 4. The third-order valence-corrected chi connectivity index (χ3v) is 2.83. The lowest BCUT2D eigenvalue weighted by molar-refractivity contribution is -0.274. The number of benzene rings is 1. The summed E-state index contributed by atoms with van der Waals surface area (Å²) in [7, 11) is 0. The molecule has 1 unspecified atom stereocenters. The van der Waals surface area contributed by atoms with E-state index in [2.05, 4.69) is 18.6 Å². The molecule has 0 fully saturated rings. The molecule has 0 radical (unpaired) electrons. The van der Waals surface area contributed by atoms with Gasteiger partial charge in [-0.3, -0.25) is 0 Å². The van der Waals surface area contributed by atoms with Crippen molar-refractivity contribution in [3.63, 3.8) is 0 Å². The summed E-state index contributed by atoms with van der Waals surface area (Å²) in [6.45, 7) is 6.11. The van der Waals surface area contributed by atoms with Gasteiger partial charge in [0.05, 0.1) is 0 Å². The van der Waals surface area contributed by atoms with Crippen LogP contribution in [-0.4, -0.2) is 11.7 Å². The molecule has 1 aromatic rings. The van der Waals surface area contributed by atoms with Crippen molar-refractivity contribution < 1.29 is 17.9 Å². The highest BCUT2D eigenvalue weighted by Crippen LogP contribution is 2.30. The van der Waals surface area contributed by atoms with E-state index in [0.717, 1.165) is 18.4 Å². The van der Waals surface area contributed by atoms with E-state index in [1.165, 1.54) is 12.1 Å². The molecule has 1 rings (SSSR count). The number of rotatable bonds is 5. The van der Waals surface area contributed by atoms with Crippen molar-refractivity contribution in [3.8, 4) is 5.75 Å². The topological polar surface area (TPSA) is 9.23 Å². The second-order valence-corrected chi connectivity index (χ2v) is 6.26. The van der Waals surface area contributed by atoms with Gasteiger partial charge in [0.2, 0.25) is 0 Å². The van der Waals surface area contributed by atoms with Crippen LogP contribution in [0.5, 0.6) is 5.75 Å². The standard InChI is InChI=1S/C14H18ClF3O/c1-10(15)8-13(2,3)9-11-4-6-12(7-5-11)19-14(16,17)18/h4-7,10H,8-9H2,1-3H3. The minimum atomic E-state index is -4.64. The van der Waals surface area contributed by atoms with Gasteiger partial charge in [0.15, 0.2) is 0 Å². The van der Waals surface area contributed by atoms with Crippen LogP contribution >= 0.6 is 11.6 Å². The molecule has 0 saturated heterocycles. The predicted molar refractivity (Wildman–Crippen MR) is 70.5 cm³/mol. The van der Waals surface area contributed by atoms with Crippen LogP contribution in [0.15, 0.2) is 24.3 Å². The van der Waals surface area contributed by atoms with Gasteiger partial charge in [-0.05, 0) is 42.9 Å². The first-order valence-corrected chi connectivity index (χ1v) is 6.50. The van der Waals surface area contributed by atoms with E-state index in [4.69, 9.17) is 11.6 Å². The minimum Gasteiger partial charge on any atom is -0.406 e. The molecule has 19 heavy (non-hydrogen) atoms. The van der Waals surface area contributed by atoms with E-state index in [1.54, 1.807) is 12.1 Å². The molecule has 0 aromatic heterocycles. The molecule has 108 valence electrons. The van der Waals surface area contributed by atoms with Crippen molar-refractivity contribution in [1.29, 1.82) is 0 Å². The molecular formula is C14H18ClF3O. The zero-order valence-corrected chi connectivity index (χ0v) is 12.0. The van der Waals surface area contributed by atoms with E-state index in [-0.39, 0.29) is 16.5 Å². The molecule has 0 spiro atoms. The van der Waals surface area contributed by atoms with Crippen LogP contribution < -0.4 is 4.74 Å². The van der Waals surface area contributed by atoms with Crippen molar-refractivity contribution >= 4 is 11.6 Å². The summed E-state index contributed by atoms with van der Waals surface area (Å²) in [6, 6.07) is 5.98. The molecule has 1 aromatic carbocycles. The summed E-state index contributed by atoms with van der Waals surface area (Å²) < 4.78 is 39.9. The molecule has 0 aliphatic rings. The predicted octanol–water partition coefficient (Wildman–Crippen LogP) is 5.17. The maximum atomic E-state index is 12.0. The highest BCUT2D eigenvalue weighted by molar-refractivity contribution is 6.20. The first kappa shape index (κ1) is 16.2. The van der Waals surface area contributed by atoms with Gasteiger partial charge in [0.25, 0.3) is 0 Å². The summed E-state index contributed by atoms with van der Waals surface area (Å²) in [6.07, 6.45) is -3.04. The Hall–Kier alpha value is -0.900. The highest BCUT2D eigenvalue weighted by atomic mass is 35.5. The average Bonchev–Trinajstić information content (AvgIpc) is 2.16. The van der Waals surface area contributed by atoms with Crippen LogP contribution in [0, 0.1) is 5.41 Å². The Morgan fingerprint density at radius 3 is 2.11 bits per heavy atom. The molecule has 5 heteroatoms. The van der Waals surface area contributed by atoms with Crippen LogP contribution in [0.4, 0.5) is 13.2 Å². The minimum absolute atomic E-state index is 0.00751. The normalized spacial score (nSPS) is 14.3. The van der Waals surface area contributed by atoms with E-state index >= 15 is 0 Å². The third-order valence-electron chi connectivity index (χ3n) is 2.67. The second kappa shape index (κ2) is 6.04. The average molecular weight is 295 g/mol. The number of hydrogen-bond acceptors (Lipinski definition) is 1. The van der Waals surface area contributed by atoms with Crippen molar-refractivity contribution in [2.24, 2.45) is 5.41 Å².